The Bertz CT molecular complexity index is 251. The first-order chi connectivity index (χ1) is 5.64. The largest absolute Gasteiger partial charge is 0.469 e. The van der Waals surface area contributed by atoms with Crippen molar-refractivity contribution in [2.45, 2.75) is 19.3 Å². The maximum atomic E-state index is 9.16. The van der Waals surface area contributed by atoms with Crippen LogP contribution in [0.2, 0.25) is 0 Å². The van der Waals surface area contributed by atoms with Gasteiger partial charge in [-0.3, -0.25) is 0 Å². The molecule has 1 aromatic heterocycles. The van der Waals surface area contributed by atoms with Gasteiger partial charge in [0.25, 0.3) is 0 Å². The molecule has 0 amide bonds. The zero-order valence-corrected chi connectivity index (χ0v) is 7.50. The van der Waals surface area contributed by atoms with Gasteiger partial charge in [-0.15, -0.1) is 0 Å². The standard InChI is InChI=1S/C9H15NO2/c1-7-8(3-4-12-7)9(2,5-10)6-11/h3-4,11H,5-6,10H2,1-2H3. The number of furan rings is 1. The molecule has 3 nitrogen and oxygen atoms in total. The summed E-state index contributed by atoms with van der Waals surface area (Å²) >= 11 is 0. The summed E-state index contributed by atoms with van der Waals surface area (Å²) in [5, 5.41) is 9.16. The van der Waals surface area contributed by atoms with Crippen LogP contribution in [0.25, 0.3) is 0 Å². The van der Waals surface area contributed by atoms with Crippen molar-refractivity contribution < 1.29 is 9.52 Å². The third kappa shape index (κ3) is 1.38. The normalized spacial score (nSPS) is 16.0. The number of rotatable bonds is 3. The lowest BCUT2D eigenvalue weighted by molar-refractivity contribution is 0.208. The van der Waals surface area contributed by atoms with Crippen LogP contribution >= 0.6 is 0 Å². The Morgan fingerprint density at radius 2 is 2.33 bits per heavy atom. The molecule has 1 heterocycles. The van der Waals surface area contributed by atoms with Gasteiger partial charge in [-0.25, -0.2) is 0 Å². The molecular weight excluding hydrogens is 154 g/mol. The van der Waals surface area contributed by atoms with E-state index in [9.17, 15) is 0 Å². The summed E-state index contributed by atoms with van der Waals surface area (Å²) in [5.41, 5.74) is 6.21. The summed E-state index contributed by atoms with van der Waals surface area (Å²) < 4.78 is 5.15. The lowest BCUT2D eigenvalue weighted by atomic mass is 9.84. The molecule has 0 bridgehead atoms. The van der Waals surface area contributed by atoms with Gasteiger partial charge in [0.1, 0.15) is 5.76 Å². The Hall–Kier alpha value is -0.800. The quantitative estimate of drug-likeness (QED) is 0.703. The van der Waals surface area contributed by atoms with Gasteiger partial charge in [-0.2, -0.15) is 0 Å². The molecule has 0 fully saturated rings. The van der Waals surface area contributed by atoms with Crippen LogP contribution in [-0.2, 0) is 5.41 Å². The van der Waals surface area contributed by atoms with Crippen LogP contribution in [0.5, 0.6) is 0 Å². The third-order valence-corrected chi connectivity index (χ3v) is 2.31. The molecule has 3 heteroatoms. The lowest BCUT2D eigenvalue weighted by Crippen LogP contribution is -2.35. The second-order valence-corrected chi connectivity index (χ2v) is 3.31. The molecule has 0 radical (unpaired) electrons. The van der Waals surface area contributed by atoms with Crippen molar-refractivity contribution in [3.05, 3.63) is 23.7 Å². The molecule has 1 aromatic rings. The minimum Gasteiger partial charge on any atom is -0.469 e. The lowest BCUT2D eigenvalue weighted by Gasteiger charge is -2.24. The molecule has 0 aliphatic heterocycles. The molecule has 0 saturated carbocycles. The van der Waals surface area contributed by atoms with Gasteiger partial charge in [0, 0.05) is 17.5 Å². The Labute approximate surface area is 72.2 Å². The third-order valence-electron chi connectivity index (χ3n) is 2.31. The molecule has 0 aliphatic carbocycles. The monoisotopic (exact) mass is 169 g/mol. The topological polar surface area (TPSA) is 59.4 Å². The Morgan fingerprint density at radius 3 is 2.67 bits per heavy atom. The smallest absolute Gasteiger partial charge is 0.104 e. The Balaban J connectivity index is 3.02. The van der Waals surface area contributed by atoms with Gasteiger partial charge in [0.2, 0.25) is 0 Å². The fourth-order valence-corrected chi connectivity index (χ4v) is 1.27. The van der Waals surface area contributed by atoms with Crippen LogP contribution in [0.4, 0.5) is 0 Å². The molecular formula is C9H15NO2. The molecule has 12 heavy (non-hydrogen) atoms. The number of aliphatic hydroxyl groups excluding tert-OH is 1. The summed E-state index contributed by atoms with van der Waals surface area (Å²) in [5.74, 6) is 0.831. The van der Waals surface area contributed by atoms with E-state index in [0.29, 0.717) is 6.54 Å². The molecule has 0 aliphatic rings. The summed E-state index contributed by atoms with van der Waals surface area (Å²) in [6.07, 6.45) is 1.62. The van der Waals surface area contributed by atoms with Crippen molar-refractivity contribution in [2.75, 3.05) is 13.2 Å². The first kappa shape index (κ1) is 9.29. The maximum absolute atomic E-state index is 9.16. The number of hydrogen-bond acceptors (Lipinski definition) is 3. The highest BCUT2D eigenvalue weighted by Gasteiger charge is 2.27. The van der Waals surface area contributed by atoms with Gasteiger partial charge in [-0.05, 0) is 13.0 Å². The zero-order chi connectivity index (χ0) is 9.19. The molecule has 0 spiro atoms. The van der Waals surface area contributed by atoms with Gasteiger partial charge in [0.15, 0.2) is 0 Å². The molecule has 0 aromatic carbocycles. The van der Waals surface area contributed by atoms with Crippen molar-refractivity contribution in [3.63, 3.8) is 0 Å². The van der Waals surface area contributed by atoms with Crippen LogP contribution in [0.15, 0.2) is 16.7 Å². The highest BCUT2D eigenvalue weighted by atomic mass is 16.3. The minimum atomic E-state index is -0.364. The molecule has 1 rings (SSSR count). The van der Waals surface area contributed by atoms with Gasteiger partial charge >= 0.3 is 0 Å². The summed E-state index contributed by atoms with van der Waals surface area (Å²) in [7, 11) is 0. The van der Waals surface area contributed by atoms with Crippen molar-refractivity contribution in [1.82, 2.24) is 0 Å². The zero-order valence-electron chi connectivity index (χ0n) is 7.50. The van der Waals surface area contributed by atoms with E-state index in [1.54, 1.807) is 6.26 Å². The van der Waals surface area contributed by atoms with Gasteiger partial charge in [0.05, 0.1) is 12.9 Å². The highest BCUT2D eigenvalue weighted by molar-refractivity contribution is 5.26. The van der Waals surface area contributed by atoms with Gasteiger partial charge in [-0.1, -0.05) is 6.92 Å². The average molecular weight is 169 g/mol. The van der Waals surface area contributed by atoms with E-state index in [-0.39, 0.29) is 12.0 Å². The van der Waals surface area contributed by atoms with E-state index in [4.69, 9.17) is 15.3 Å². The molecule has 68 valence electrons. The fraction of sp³-hybridized carbons (Fsp3) is 0.556. The first-order valence-corrected chi connectivity index (χ1v) is 3.99. The highest BCUT2D eigenvalue weighted by Crippen LogP contribution is 2.25. The predicted octanol–water partition coefficient (Wildman–Crippen LogP) is 0.797. The van der Waals surface area contributed by atoms with E-state index in [0.717, 1.165) is 11.3 Å². The van der Waals surface area contributed by atoms with Crippen LogP contribution < -0.4 is 5.73 Å². The predicted molar refractivity (Wildman–Crippen MR) is 46.9 cm³/mol. The number of nitrogens with two attached hydrogens (primary N) is 1. The van der Waals surface area contributed by atoms with Crippen molar-refractivity contribution in [2.24, 2.45) is 5.73 Å². The molecule has 1 unspecified atom stereocenters. The van der Waals surface area contributed by atoms with E-state index in [2.05, 4.69) is 0 Å². The molecule has 0 saturated heterocycles. The molecule has 3 N–H and O–H groups in total. The average Bonchev–Trinajstić information content (AvgIpc) is 2.51. The number of hydrogen-bond donors (Lipinski definition) is 2. The van der Waals surface area contributed by atoms with E-state index in [1.807, 2.05) is 19.9 Å². The van der Waals surface area contributed by atoms with E-state index < -0.39 is 0 Å². The van der Waals surface area contributed by atoms with E-state index in [1.165, 1.54) is 0 Å². The second-order valence-electron chi connectivity index (χ2n) is 3.31. The van der Waals surface area contributed by atoms with Gasteiger partial charge < -0.3 is 15.3 Å². The fourth-order valence-electron chi connectivity index (χ4n) is 1.27. The van der Waals surface area contributed by atoms with Crippen molar-refractivity contribution >= 4 is 0 Å². The van der Waals surface area contributed by atoms with Crippen molar-refractivity contribution in [1.29, 1.82) is 0 Å². The summed E-state index contributed by atoms with van der Waals surface area (Å²) in [6.45, 7) is 4.26. The van der Waals surface area contributed by atoms with Crippen LogP contribution in [0, 0.1) is 6.92 Å². The Kier molecular flexibility index (Phi) is 2.55. The van der Waals surface area contributed by atoms with Crippen LogP contribution in [-0.4, -0.2) is 18.3 Å². The van der Waals surface area contributed by atoms with Crippen LogP contribution in [0.3, 0.4) is 0 Å². The second kappa shape index (κ2) is 3.29. The first-order valence-electron chi connectivity index (χ1n) is 3.99. The number of aliphatic hydroxyl groups is 1. The minimum absolute atomic E-state index is 0.0455. The number of aryl methyl sites for hydroxylation is 1. The Morgan fingerprint density at radius 1 is 1.67 bits per heavy atom. The summed E-state index contributed by atoms with van der Waals surface area (Å²) in [4.78, 5) is 0. The van der Waals surface area contributed by atoms with E-state index >= 15 is 0 Å². The summed E-state index contributed by atoms with van der Waals surface area (Å²) in [6, 6.07) is 1.86. The maximum Gasteiger partial charge on any atom is 0.104 e. The SMILES string of the molecule is Cc1occc1C(C)(CN)CO. The van der Waals surface area contributed by atoms with Crippen LogP contribution in [0.1, 0.15) is 18.2 Å². The van der Waals surface area contributed by atoms with Crippen molar-refractivity contribution in [3.8, 4) is 0 Å². The molecule has 1 atom stereocenters.